The summed E-state index contributed by atoms with van der Waals surface area (Å²) in [4.78, 5) is 3.84. The highest BCUT2D eigenvalue weighted by molar-refractivity contribution is 5.44. The Labute approximate surface area is 94.0 Å². The summed E-state index contributed by atoms with van der Waals surface area (Å²) >= 11 is 0. The number of benzene rings is 1. The number of hydrogen-bond acceptors (Lipinski definition) is 4. The summed E-state index contributed by atoms with van der Waals surface area (Å²) in [5.74, 6) is 0.454. The molecular formula is C11H15N3O2. The minimum absolute atomic E-state index is 0.127. The second kappa shape index (κ2) is 5.87. The van der Waals surface area contributed by atoms with Gasteiger partial charge < -0.3 is 10.2 Å². The molecule has 1 aromatic carbocycles. The van der Waals surface area contributed by atoms with E-state index in [2.05, 4.69) is 10.1 Å². The summed E-state index contributed by atoms with van der Waals surface area (Å²) in [6.45, 7) is 3.79. The Balaban J connectivity index is 0.000000606. The molecular weight excluding hydrogens is 206 g/mol. The lowest BCUT2D eigenvalue weighted by molar-refractivity contribution is 0.271. The highest BCUT2D eigenvalue weighted by Gasteiger charge is 2.04. The van der Waals surface area contributed by atoms with Crippen LogP contribution in [0.2, 0.25) is 0 Å². The van der Waals surface area contributed by atoms with Gasteiger partial charge in [-0.15, -0.1) is 5.10 Å². The van der Waals surface area contributed by atoms with Crippen LogP contribution in [0, 0.1) is 0 Å². The van der Waals surface area contributed by atoms with Crippen LogP contribution in [0.15, 0.2) is 30.6 Å². The van der Waals surface area contributed by atoms with Crippen LogP contribution >= 0.6 is 0 Å². The van der Waals surface area contributed by atoms with E-state index in [4.69, 9.17) is 5.11 Å². The van der Waals surface area contributed by atoms with Gasteiger partial charge in [-0.25, -0.2) is 9.67 Å². The quantitative estimate of drug-likeness (QED) is 0.806. The first-order valence-corrected chi connectivity index (χ1v) is 5.11. The van der Waals surface area contributed by atoms with E-state index in [9.17, 15) is 5.11 Å². The van der Waals surface area contributed by atoms with Gasteiger partial charge >= 0.3 is 0 Å². The summed E-state index contributed by atoms with van der Waals surface area (Å²) in [5.41, 5.74) is 0.541. The van der Waals surface area contributed by atoms with Crippen LogP contribution in [0.1, 0.15) is 19.7 Å². The number of hydrogen-bond donors (Lipinski definition) is 2. The van der Waals surface area contributed by atoms with E-state index in [1.165, 1.54) is 11.0 Å². The number of aliphatic hydroxyl groups is 1. The van der Waals surface area contributed by atoms with Crippen molar-refractivity contribution in [2.75, 3.05) is 0 Å². The molecule has 0 saturated heterocycles. The zero-order valence-electron chi connectivity index (χ0n) is 9.33. The molecule has 0 aliphatic heterocycles. The van der Waals surface area contributed by atoms with E-state index in [1.807, 2.05) is 13.8 Å². The van der Waals surface area contributed by atoms with Crippen molar-refractivity contribution in [3.63, 3.8) is 0 Å². The number of rotatable bonds is 2. The lowest BCUT2D eigenvalue weighted by Gasteiger charge is -2.01. The molecule has 86 valence electrons. The largest absolute Gasteiger partial charge is 0.506 e. The van der Waals surface area contributed by atoms with Gasteiger partial charge in [0.2, 0.25) is 0 Å². The van der Waals surface area contributed by atoms with Crippen molar-refractivity contribution in [3.05, 3.63) is 36.4 Å². The first kappa shape index (κ1) is 12.2. The first-order chi connectivity index (χ1) is 7.81. The van der Waals surface area contributed by atoms with Crippen LogP contribution in [0.4, 0.5) is 0 Å². The molecule has 0 aliphatic rings. The summed E-state index contributed by atoms with van der Waals surface area (Å²) in [6, 6.07) is 6.79. The number of phenolic OH excluding ortho intramolecular Hbond substituents is 1. The van der Waals surface area contributed by atoms with Crippen LogP contribution < -0.4 is 0 Å². The van der Waals surface area contributed by atoms with Gasteiger partial charge in [-0.3, -0.25) is 0 Å². The van der Waals surface area contributed by atoms with E-state index in [-0.39, 0.29) is 12.4 Å². The molecule has 1 heterocycles. The molecule has 5 heteroatoms. The summed E-state index contributed by atoms with van der Waals surface area (Å²) in [6.07, 6.45) is 1.45. The van der Waals surface area contributed by atoms with Gasteiger partial charge in [0.1, 0.15) is 24.4 Å². The van der Waals surface area contributed by atoms with Gasteiger partial charge in [-0.1, -0.05) is 26.0 Å². The number of aromatic nitrogens is 3. The van der Waals surface area contributed by atoms with Crippen molar-refractivity contribution < 1.29 is 10.2 Å². The average Bonchev–Trinajstić information content (AvgIpc) is 2.81. The Morgan fingerprint density at radius 1 is 1.25 bits per heavy atom. The smallest absolute Gasteiger partial charge is 0.176 e. The van der Waals surface area contributed by atoms with Gasteiger partial charge in [0, 0.05) is 0 Å². The Kier molecular flexibility index (Phi) is 4.47. The average molecular weight is 221 g/mol. The van der Waals surface area contributed by atoms with Crippen LogP contribution in [-0.2, 0) is 6.61 Å². The second-order valence-electron chi connectivity index (χ2n) is 2.75. The van der Waals surface area contributed by atoms with E-state index < -0.39 is 0 Å². The third-order valence-electron chi connectivity index (χ3n) is 1.81. The van der Waals surface area contributed by atoms with Gasteiger partial charge in [0.25, 0.3) is 0 Å². The topological polar surface area (TPSA) is 71.2 Å². The molecule has 0 bridgehead atoms. The highest BCUT2D eigenvalue weighted by atomic mass is 16.3. The summed E-state index contributed by atoms with van der Waals surface area (Å²) in [5, 5.41) is 22.2. The fourth-order valence-electron chi connectivity index (χ4n) is 1.14. The number of aromatic hydroxyl groups is 1. The Bertz CT molecular complexity index is 440. The standard InChI is InChI=1S/C9H9N3O2.C2H6/c13-5-9-10-6-12(11-9)7-3-1-2-4-8(7)14;1-2/h1-4,6,13-14H,5H2;1-2H3. The van der Waals surface area contributed by atoms with Gasteiger partial charge in [-0.05, 0) is 12.1 Å². The number of para-hydroxylation sites is 2. The fourth-order valence-corrected chi connectivity index (χ4v) is 1.14. The molecule has 0 radical (unpaired) electrons. The molecule has 0 fully saturated rings. The van der Waals surface area contributed by atoms with Crippen LogP contribution in [0.25, 0.3) is 5.69 Å². The van der Waals surface area contributed by atoms with E-state index in [1.54, 1.807) is 24.3 Å². The second-order valence-corrected chi connectivity index (χ2v) is 2.75. The number of aliphatic hydroxyl groups excluding tert-OH is 1. The third-order valence-corrected chi connectivity index (χ3v) is 1.81. The van der Waals surface area contributed by atoms with Gasteiger partial charge in [0.05, 0.1) is 0 Å². The van der Waals surface area contributed by atoms with Crippen LogP contribution in [0.3, 0.4) is 0 Å². The third kappa shape index (κ3) is 2.58. The number of phenols is 1. The molecule has 0 amide bonds. The Morgan fingerprint density at radius 3 is 2.50 bits per heavy atom. The molecule has 2 N–H and O–H groups in total. The highest BCUT2D eigenvalue weighted by Crippen LogP contribution is 2.18. The molecule has 0 aliphatic carbocycles. The maximum absolute atomic E-state index is 9.49. The zero-order chi connectivity index (χ0) is 12.0. The summed E-state index contributed by atoms with van der Waals surface area (Å²) in [7, 11) is 0. The van der Waals surface area contributed by atoms with Crippen molar-refractivity contribution in [2.24, 2.45) is 0 Å². The molecule has 0 spiro atoms. The van der Waals surface area contributed by atoms with Crippen molar-refractivity contribution >= 4 is 0 Å². The SMILES string of the molecule is CC.OCc1ncn(-c2ccccc2O)n1. The maximum Gasteiger partial charge on any atom is 0.176 e. The minimum Gasteiger partial charge on any atom is -0.506 e. The lowest BCUT2D eigenvalue weighted by Crippen LogP contribution is -1.96. The first-order valence-electron chi connectivity index (χ1n) is 5.11. The number of nitrogens with zero attached hydrogens (tertiary/aromatic N) is 3. The molecule has 5 nitrogen and oxygen atoms in total. The van der Waals surface area contributed by atoms with Crippen molar-refractivity contribution in [1.82, 2.24) is 14.8 Å². The predicted octanol–water partition coefficient (Wildman–Crippen LogP) is 1.49. The molecule has 16 heavy (non-hydrogen) atoms. The maximum atomic E-state index is 9.49. The predicted molar refractivity (Wildman–Crippen MR) is 60.3 cm³/mol. The van der Waals surface area contributed by atoms with Gasteiger partial charge in [-0.2, -0.15) is 0 Å². The van der Waals surface area contributed by atoms with Crippen molar-refractivity contribution in [2.45, 2.75) is 20.5 Å². The van der Waals surface area contributed by atoms with E-state index >= 15 is 0 Å². The van der Waals surface area contributed by atoms with Crippen molar-refractivity contribution in [3.8, 4) is 11.4 Å². The van der Waals surface area contributed by atoms with Crippen LogP contribution in [0.5, 0.6) is 5.75 Å². The zero-order valence-corrected chi connectivity index (χ0v) is 9.33. The monoisotopic (exact) mass is 221 g/mol. The summed E-state index contributed by atoms with van der Waals surface area (Å²) < 4.78 is 1.42. The molecule has 2 aromatic rings. The van der Waals surface area contributed by atoms with E-state index in [0.29, 0.717) is 11.5 Å². The normalized spacial score (nSPS) is 9.44. The molecule has 0 saturated carbocycles. The Morgan fingerprint density at radius 2 is 1.94 bits per heavy atom. The van der Waals surface area contributed by atoms with Crippen LogP contribution in [-0.4, -0.2) is 25.0 Å². The Hall–Kier alpha value is -1.88. The van der Waals surface area contributed by atoms with Crippen molar-refractivity contribution in [1.29, 1.82) is 0 Å². The fraction of sp³-hybridized carbons (Fsp3) is 0.273. The minimum atomic E-state index is -0.208. The molecule has 2 rings (SSSR count). The van der Waals surface area contributed by atoms with Gasteiger partial charge in [0.15, 0.2) is 5.82 Å². The molecule has 0 atom stereocenters. The lowest BCUT2D eigenvalue weighted by atomic mass is 10.3. The molecule has 1 aromatic heterocycles. The van der Waals surface area contributed by atoms with E-state index in [0.717, 1.165) is 0 Å². The molecule has 0 unspecified atom stereocenters.